The summed E-state index contributed by atoms with van der Waals surface area (Å²) in [5.41, 5.74) is 5.85. The van der Waals surface area contributed by atoms with Gasteiger partial charge < -0.3 is 34.3 Å². The number of aromatic nitrogens is 2. The predicted octanol–water partition coefficient (Wildman–Crippen LogP) is 8.05. The summed E-state index contributed by atoms with van der Waals surface area (Å²) in [6.45, 7) is 10.7. The van der Waals surface area contributed by atoms with Crippen molar-refractivity contribution in [2.45, 2.75) is 56.9 Å². The lowest BCUT2D eigenvalue weighted by molar-refractivity contribution is -0.384. The van der Waals surface area contributed by atoms with Gasteiger partial charge in [0.15, 0.2) is 11.4 Å². The van der Waals surface area contributed by atoms with E-state index in [1.807, 2.05) is 36.4 Å². The predicted molar refractivity (Wildman–Crippen MR) is 264 cm³/mol. The zero-order chi connectivity index (χ0) is 47.2. The number of nitrogens with one attached hydrogen (secondary N) is 3. The van der Waals surface area contributed by atoms with Gasteiger partial charge in [-0.2, -0.15) is 0 Å². The third kappa shape index (κ3) is 9.28. The molecule has 2 amide bonds. The lowest BCUT2D eigenvalue weighted by atomic mass is 9.72. The molecule has 10 rings (SSSR count). The van der Waals surface area contributed by atoms with E-state index in [1.54, 1.807) is 23.4 Å². The van der Waals surface area contributed by atoms with Gasteiger partial charge >= 0.3 is 0 Å². The number of nitro groups is 1. The summed E-state index contributed by atoms with van der Waals surface area (Å²) < 4.78 is 36.4. The SMILES string of the molecule is CC1(C)CCC(CN2CCN(c3ccc(C(=O)NS4(=O)(c5cc6c(c([N+](=O)[O-])c5)N[C@@H](CC(=O)N5CCOCC5)CO6)CCC4)c(Oc4cnc5[nH]ccc5c4)c3)CC2)=C(c2ccc(Cl)cc2)C1. The Morgan fingerprint density at radius 2 is 1.79 bits per heavy atom. The van der Waals surface area contributed by atoms with Gasteiger partial charge in [0.1, 0.15) is 23.8 Å². The van der Waals surface area contributed by atoms with Gasteiger partial charge in [-0.25, -0.2) is 4.98 Å². The maximum absolute atomic E-state index is 15.5. The minimum atomic E-state index is -4.23. The summed E-state index contributed by atoms with van der Waals surface area (Å²) >= 11 is 6.27. The fraction of sp³-hybridized carbons (Fsp3) is 0.420. The first-order valence-electron chi connectivity index (χ1n) is 23.4. The van der Waals surface area contributed by atoms with E-state index in [4.69, 9.17) is 25.8 Å². The van der Waals surface area contributed by atoms with Crippen LogP contribution in [0, 0.1) is 15.5 Å². The highest BCUT2D eigenvalue weighted by molar-refractivity contribution is 8.19. The van der Waals surface area contributed by atoms with Crippen molar-refractivity contribution in [3.8, 4) is 17.2 Å². The molecule has 1 aliphatic carbocycles. The molecule has 1 atom stereocenters. The molecule has 2 aromatic heterocycles. The highest BCUT2D eigenvalue weighted by atomic mass is 35.5. The number of halogens is 1. The van der Waals surface area contributed by atoms with Gasteiger partial charge in [0.2, 0.25) is 5.91 Å². The number of carbonyl (C=O) groups is 2. The molecule has 5 aromatic rings. The molecule has 18 heteroatoms. The zero-order valence-electron chi connectivity index (χ0n) is 38.4. The number of amides is 2. The standard InChI is InChI=1S/C50H57ClN8O8S/c1-50(2)12-10-35(42(29-50)33-4-6-36(51)7-5-33)31-56-14-16-57(17-15-56)38-8-9-41(44(26-38)67-39-24-34-11-13-52-48(34)53-30-39)49(61)55-68(64,22-3-23-68)40-27-43(59(62)63)47-45(28-40)66-32-37(54-47)25-46(60)58-18-20-65-21-19-58/h4-9,11,13,24,26-28,30,37,54H,3,10,12,14-23,25,29,31-32H2,1-2H3,(H,52,53)(H,55,61,64)/t37-/m0/s1. The van der Waals surface area contributed by atoms with E-state index in [0.29, 0.717) is 44.1 Å². The van der Waals surface area contributed by atoms with Crippen LogP contribution in [0.5, 0.6) is 17.2 Å². The number of carbonyl (C=O) groups excluding carboxylic acids is 2. The average Bonchev–Trinajstić information content (AvgIpc) is 3.80. The van der Waals surface area contributed by atoms with Gasteiger partial charge in [-0.1, -0.05) is 43.2 Å². The van der Waals surface area contributed by atoms with Crippen molar-refractivity contribution in [2.75, 3.05) is 87.4 Å². The summed E-state index contributed by atoms with van der Waals surface area (Å²) in [4.78, 5) is 54.0. The maximum atomic E-state index is 15.5. The number of hydrogen-bond donors (Lipinski definition) is 3. The van der Waals surface area contributed by atoms with Crippen LogP contribution < -0.4 is 24.4 Å². The van der Waals surface area contributed by atoms with Crippen molar-refractivity contribution < 1.29 is 32.9 Å². The minimum Gasteiger partial charge on any atom is -0.489 e. The second-order valence-electron chi connectivity index (χ2n) is 19.5. The maximum Gasteiger partial charge on any atom is 0.297 e. The molecule has 0 radical (unpaired) electrons. The lowest BCUT2D eigenvalue weighted by Gasteiger charge is -2.50. The zero-order valence-corrected chi connectivity index (χ0v) is 40.0. The van der Waals surface area contributed by atoms with Gasteiger partial charge in [-0.05, 0) is 94.0 Å². The van der Waals surface area contributed by atoms with E-state index < -0.39 is 26.1 Å². The van der Waals surface area contributed by atoms with Crippen LogP contribution in [-0.2, 0) is 18.8 Å². The molecule has 3 saturated heterocycles. The normalized spacial score (nSPS) is 21.6. The number of rotatable bonds is 12. The number of fused-ring (bicyclic) bond motifs is 2. The number of allylic oxidation sites excluding steroid dienone is 1. The monoisotopic (exact) mass is 964 g/mol. The van der Waals surface area contributed by atoms with Crippen LogP contribution in [0.2, 0.25) is 5.02 Å². The van der Waals surface area contributed by atoms with Crippen molar-refractivity contribution in [1.82, 2.24) is 24.5 Å². The lowest BCUT2D eigenvalue weighted by Crippen LogP contribution is -2.61. The number of nitrogens with zero attached hydrogens (tertiary/aromatic N) is 5. The van der Waals surface area contributed by atoms with Crippen molar-refractivity contribution in [1.29, 1.82) is 0 Å². The van der Waals surface area contributed by atoms with Crippen LogP contribution in [0.15, 0.2) is 89.6 Å². The van der Waals surface area contributed by atoms with Crippen molar-refractivity contribution >= 4 is 66.3 Å². The summed E-state index contributed by atoms with van der Waals surface area (Å²) in [7, 11) is -4.23. The molecule has 5 aliphatic rings. The van der Waals surface area contributed by atoms with E-state index >= 15 is 4.21 Å². The van der Waals surface area contributed by atoms with Crippen LogP contribution in [0.25, 0.3) is 16.6 Å². The Kier molecular flexibility index (Phi) is 12.2. The molecule has 0 spiro atoms. The topological polar surface area (TPSA) is 184 Å². The minimum absolute atomic E-state index is 0.0652. The van der Waals surface area contributed by atoms with E-state index in [-0.39, 0.29) is 69.2 Å². The first kappa shape index (κ1) is 45.8. The van der Waals surface area contributed by atoms with Crippen LogP contribution in [-0.4, -0.2) is 124 Å². The Morgan fingerprint density at radius 1 is 1.01 bits per heavy atom. The average molecular weight is 966 g/mol. The van der Waals surface area contributed by atoms with Gasteiger partial charge in [-0.3, -0.25) is 33.5 Å². The Morgan fingerprint density at radius 3 is 2.53 bits per heavy atom. The number of pyridine rings is 1. The van der Waals surface area contributed by atoms with Gasteiger partial charge in [0.05, 0.1) is 42.4 Å². The molecule has 3 N–H and O–H groups in total. The summed E-state index contributed by atoms with van der Waals surface area (Å²) in [5, 5.41) is 17.4. The Labute approximate surface area is 400 Å². The van der Waals surface area contributed by atoms with Crippen molar-refractivity contribution in [2.24, 2.45) is 5.41 Å². The highest BCUT2D eigenvalue weighted by Gasteiger charge is 2.49. The number of H-pyrrole nitrogens is 1. The largest absolute Gasteiger partial charge is 0.489 e. The van der Waals surface area contributed by atoms with Crippen LogP contribution in [0.3, 0.4) is 0 Å². The molecular formula is C50H57ClN8O8S. The number of nitro benzene ring substituents is 1. The van der Waals surface area contributed by atoms with Gasteiger partial charge in [0.25, 0.3) is 11.6 Å². The molecule has 0 unspecified atom stereocenters. The Bertz CT molecular complexity index is 2880. The first-order valence-corrected chi connectivity index (χ1v) is 26.1. The quantitative estimate of drug-likeness (QED) is 0.0809. The second kappa shape index (κ2) is 18.1. The number of hydrogen-bond acceptors (Lipinski definition) is 12. The smallest absolute Gasteiger partial charge is 0.297 e. The molecule has 6 heterocycles. The molecule has 3 fully saturated rings. The van der Waals surface area contributed by atoms with Crippen LogP contribution >= 0.6 is 11.6 Å². The van der Waals surface area contributed by atoms with Crippen LogP contribution in [0.1, 0.15) is 61.9 Å². The van der Waals surface area contributed by atoms with Gasteiger partial charge in [-0.15, -0.1) is 0 Å². The van der Waals surface area contributed by atoms with E-state index in [2.05, 4.69) is 55.8 Å². The number of morpholine rings is 1. The fourth-order valence-corrected chi connectivity index (χ4v) is 13.5. The molecule has 0 bridgehead atoms. The highest BCUT2D eigenvalue weighted by Crippen LogP contribution is 2.49. The molecule has 16 nitrogen and oxygen atoms in total. The van der Waals surface area contributed by atoms with Crippen molar-refractivity contribution in [3.63, 3.8) is 0 Å². The number of benzene rings is 3. The first-order chi connectivity index (χ1) is 32.7. The van der Waals surface area contributed by atoms with Crippen LogP contribution in [0.4, 0.5) is 17.1 Å². The van der Waals surface area contributed by atoms with Crippen molar-refractivity contribution in [3.05, 3.63) is 111 Å². The summed E-state index contributed by atoms with van der Waals surface area (Å²) in [6, 6.07) is 19.7. The molecule has 3 aromatic carbocycles. The summed E-state index contributed by atoms with van der Waals surface area (Å²) in [5.74, 6) is 0.280. The van der Waals surface area contributed by atoms with Gasteiger partial charge in [0, 0.05) is 96.6 Å². The van der Waals surface area contributed by atoms with E-state index in [1.165, 1.54) is 28.8 Å². The fourth-order valence-electron chi connectivity index (χ4n) is 10.1. The third-order valence-corrected chi connectivity index (χ3v) is 18.7. The second-order valence-corrected chi connectivity index (χ2v) is 24.0. The third-order valence-electron chi connectivity index (χ3n) is 14.2. The number of piperazine rings is 1. The molecular weight excluding hydrogens is 908 g/mol. The number of anilines is 2. The molecule has 0 saturated carbocycles. The number of aromatic amines is 1. The number of ether oxygens (including phenoxy) is 3. The molecule has 358 valence electrons. The molecule has 4 aliphatic heterocycles. The Hall–Kier alpha value is -6.01. The Balaban J connectivity index is 0.896. The summed E-state index contributed by atoms with van der Waals surface area (Å²) in [6.07, 6.45) is 7.21. The van der Waals surface area contributed by atoms with E-state index in [9.17, 15) is 19.7 Å². The van der Waals surface area contributed by atoms with E-state index in [0.717, 1.165) is 68.1 Å². The molecule has 68 heavy (non-hydrogen) atoms.